The van der Waals surface area contributed by atoms with Crippen molar-refractivity contribution >= 4 is 56.0 Å². The summed E-state index contributed by atoms with van der Waals surface area (Å²) in [6.45, 7) is 2.67. The number of aromatic nitrogens is 2. The van der Waals surface area contributed by atoms with Crippen LogP contribution in [0.5, 0.6) is 5.75 Å². The van der Waals surface area contributed by atoms with Gasteiger partial charge in [-0.2, -0.15) is 0 Å². The van der Waals surface area contributed by atoms with Crippen LogP contribution in [0, 0.1) is 0 Å². The molecular formula is C23H19BrN4O3S. The molecule has 0 aliphatic carbocycles. The molecule has 0 fully saturated rings. The molecular weight excluding hydrogens is 492 g/mol. The number of thiocarbonyl (C=S) groups is 1. The molecule has 0 aliphatic heterocycles. The van der Waals surface area contributed by atoms with Crippen LogP contribution in [0.1, 0.15) is 23.7 Å². The summed E-state index contributed by atoms with van der Waals surface area (Å²) < 4.78 is 12.2. The van der Waals surface area contributed by atoms with Gasteiger partial charge in [-0.05, 0) is 83.1 Å². The van der Waals surface area contributed by atoms with Gasteiger partial charge in [0.25, 0.3) is 5.91 Å². The number of amides is 1. The van der Waals surface area contributed by atoms with E-state index in [1.165, 1.54) is 0 Å². The summed E-state index contributed by atoms with van der Waals surface area (Å²) in [6.07, 6.45) is 4.30. The third-order valence-corrected chi connectivity index (χ3v) is 5.05. The van der Waals surface area contributed by atoms with Crippen LogP contribution in [0.4, 0.5) is 5.69 Å². The Hall–Kier alpha value is -3.30. The highest BCUT2D eigenvalue weighted by atomic mass is 79.9. The number of carbonyl (C=O) groups excluding carboxylic acids is 1. The van der Waals surface area contributed by atoms with Gasteiger partial charge >= 0.3 is 0 Å². The number of nitrogens with one attached hydrogen (secondary N) is 2. The van der Waals surface area contributed by atoms with Crippen LogP contribution >= 0.6 is 28.1 Å². The van der Waals surface area contributed by atoms with Crippen molar-refractivity contribution in [3.8, 4) is 17.2 Å². The molecule has 0 aliphatic rings. The van der Waals surface area contributed by atoms with Crippen molar-refractivity contribution in [2.75, 3.05) is 11.9 Å². The van der Waals surface area contributed by atoms with E-state index in [1.807, 2.05) is 13.0 Å². The lowest BCUT2D eigenvalue weighted by Gasteiger charge is -2.10. The van der Waals surface area contributed by atoms with E-state index in [4.69, 9.17) is 21.4 Å². The second kappa shape index (κ2) is 9.88. The summed E-state index contributed by atoms with van der Waals surface area (Å²) >= 11 is 8.68. The zero-order valence-corrected chi connectivity index (χ0v) is 19.5. The molecule has 32 heavy (non-hydrogen) atoms. The van der Waals surface area contributed by atoms with Crippen LogP contribution < -0.4 is 15.4 Å². The number of hydrogen-bond acceptors (Lipinski definition) is 6. The lowest BCUT2D eigenvalue weighted by atomic mass is 10.2. The van der Waals surface area contributed by atoms with E-state index in [9.17, 15) is 4.79 Å². The van der Waals surface area contributed by atoms with E-state index in [2.05, 4.69) is 36.5 Å². The fourth-order valence-corrected chi connectivity index (χ4v) is 3.49. The minimum absolute atomic E-state index is 0.181. The summed E-state index contributed by atoms with van der Waals surface area (Å²) in [7, 11) is 0. The Kier molecular flexibility index (Phi) is 6.77. The Labute approximate surface area is 198 Å². The van der Waals surface area contributed by atoms with Crippen LogP contribution in [0.25, 0.3) is 22.6 Å². The van der Waals surface area contributed by atoms with Gasteiger partial charge in [-0.15, -0.1) is 0 Å². The molecule has 0 bridgehead atoms. The Balaban J connectivity index is 1.41. The monoisotopic (exact) mass is 510 g/mol. The molecule has 0 unspecified atom stereocenters. The highest BCUT2D eigenvalue weighted by Crippen LogP contribution is 2.27. The van der Waals surface area contributed by atoms with Crippen molar-refractivity contribution < 1.29 is 13.9 Å². The molecule has 7 nitrogen and oxygen atoms in total. The van der Waals surface area contributed by atoms with Crippen molar-refractivity contribution in [1.29, 1.82) is 0 Å². The number of fused-ring (bicyclic) bond motifs is 1. The maximum atomic E-state index is 12.5. The van der Waals surface area contributed by atoms with Crippen molar-refractivity contribution in [3.05, 3.63) is 71.0 Å². The average molecular weight is 511 g/mol. The SMILES string of the molecule is CCCOc1ccc(C(=O)NC(=S)Nc2ccc3oc(-c4cncc(Br)c4)nc3c2)cc1. The van der Waals surface area contributed by atoms with Gasteiger partial charge in [-0.1, -0.05) is 6.92 Å². The molecule has 2 aromatic carbocycles. The lowest BCUT2D eigenvalue weighted by Crippen LogP contribution is -2.34. The van der Waals surface area contributed by atoms with Gasteiger partial charge in [0.15, 0.2) is 10.7 Å². The number of benzene rings is 2. The number of halogens is 1. The molecule has 2 aromatic heterocycles. The molecule has 162 valence electrons. The fourth-order valence-electron chi connectivity index (χ4n) is 2.92. The van der Waals surface area contributed by atoms with Crippen LogP contribution in [-0.4, -0.2) is 27.6 Å². The molecule has 9 heteroatoms. The van der Waals surface area contributed by atoms with Crippen LogP contribution in [0.2, 0.25) is 0 Å². The van der Waals surface area contributed by atoms with E-state index in [1.54, 1.807) is 54.9 Å². The molecule has 0 spiro atoms. The van der Waals surface area contributed by atoms with Gasteiger partial charge in [0.05, 0.1) is 12.2 Å². The summed E-state index contributed by atoms with van der Waals surface area (Å²) in [5, 5.41) is 5.86. The Morgan fingerprint density at radius 3 is 2.72 bits per heavy atom. The second-order valence-electron chi connectivity index (χ2n) is 6.87. The molecule has 0 atom stereocenters. The predicted octanol–water partition coefficient (Wildman–Crippen LogP) is 5.57. The van der Waals surface area contributed by atoms with Crippen LogP contribution in [-0.2, 0) is 0 Å². The third kappa shape index (κ3) is 5.30. The zero-order chi connectivity index (χ0) is 22.5. The van der Waals surface area contributed by atoms with E-state index in [0.717, 1.165) is 22.2 Å². The number of rotatable bonds is 6. The first-order valence-corrected chi connectivity index (χ1v) is 11.1. The number of oxazole rings is 1. The molecule has 1 amide bonds. The van der Waals surface area contributed by atoms with E-state index in [-0.39, 0.29) is 11.0 Å². The zero-order valence-electron chi connectivity index (χ0n) is 17.1. The second-order valence-corrected chi connectivity index (χ2v) is 8.20. The largest absolute Gasteiger partial charge is 0.494 e. The van der Waals surface area contributed by atoms with E-state index in [0.29, 0.717) is 34.8 Å². The number of pyridine rings is 1. The van der Waals surface area contributed by atoms with Crippen molar-refractivity contribution in [3.63, 3.8) is 0 Å². The number of ether oxygens (including phenoxy) is 1. The molecule has 0 saturated heterocycles. The van der Waals surface area contributed by atoms with Crippen molar-refractivity contribution in [2.24, 2.45) is 0 Å². The number of carbonyl (C=O) groups is 1. The number of nitrogens with zero attached hydrogens (tertiary/aromatic N) is 2. The Morgan fingerprint density at radius 1 is 1.16 bits per heavy atom. The van der Waals surface area contributed by atoms with Crippen molar-refractivity contribution in [1.82, 2.24) is 15.3 Å². The smallest absolute Gasteiger partial charge is 0.257 e. The first-order chi connectivity index (χ1) is 15.5. The minimum Gasteiger partial charge on any atom is -0.494 e. The first-order valence-electron chi connectivity index (χ1n) is 9.88. The van der Waals surface area contributed by atoms with Gasteiger partial charge < -0.3 is 14.5 Å². The van der Waals surface area contributed by atoms with Crippen molar-refractivity contribution in [2.45, 2.75) is 13.3 Å². The van der Waals surface area contributed by atoms with Gasteiger partial charge in [0.1, 0.15) is 11.3 Å². The predicted molar refractivity (Wildman–Crippen MR) is 131 cm³/mol. The average Bonchev–Trinajstić information content (AvgIpc) is 3.21. The maximum Gasteiger partial charge on any atom is 0.257 e. The number of anilines is 1. The van der Waals surface area contributed by atoms with Gasteiger partial charge in [0.2, 0.25) is 5.89 Å². The summed E-state index contributed by atoms with van der Waals surface area (Å²) in [4.78, 5) is 21.1. The summed E-state index contributed by atoms with van der Waals surface area (Å²) in [5.74, 6) is 0.882. The molecule has 2 N–H and O–H groups in total. The van der Waals surface area contributed by atoms with E-state index >= 15 is 0 Å². The topological polar surface area (TPSA) is 89.3 Å². The molecule has 2 heterocycles. The van der Waals surface area contributed by atoms with Crippen LogP contribution in [0.15, 0.2) is 69.8 Å². The third-order valence-electron chi connectivity index (χ3n) is 4.41. The standard InChI is InChI=1S/C23H19BrN4O3S/c1-2-9-30-18-6-3-14(4-7-18)21(29)28-23(32)26-17-5-8-20-19(11-17)27-22(31-20)15-10-16(24)13-25-12-15/h3-8,10-13H,2,9H2,1H3,(H2,26,28,29,32). The normalized spacial score (nSPS) is 10.7. The Morgan fingerprint density at radius 2 is 1.97 bits per heavy atom. The lowest BCUT2D eigenvalue weighted by molar-refractivity contribution is 0.0977. The molecule has 0 radical (unpaired) electrons. The minimum atomic E-state index is -0.309. The highest BCUT2D eigenvalue weighted by Gasteiger charge is 2.12. The van der Waals surface area contributed by atoms with Gasteiger partial charge in [0, 0.05) is 28.1 Å². The molecule has 4 aromatic rings. The fraction of sp³-hybridized carbons (Fsp3) is 0.130. The Bertz CT molecular complexity index is 1270. The summed E-state index contributed by atoms with van der Waals surface area (Å²) in [5.41, 5.74) is 3.21. The molecule has 0 saturated carbocycles. The quantitative estimate of drug-likeness (QED) is 0.327. The number of hydrogen-bond donors (Lipinski definition) is 2. The van der Waals surface area contributed by atoms with Gasteiger partial charge in [-0.25, -0.2) is 4.98 Å². The van der Waals surface area contributed by atoms with Gasteiger partial charge in [-0.3, -0.25) is 15.1 Å². The first kappa shape index (κ1) is 21.9. The highest BCUT2D eigenvalue weighted by molar-refractivity contribution is 9.10. The summed E-state index contributed by atoms with van der Waals surface area (Å²) in [6, 6.07) is 14.2. The maximum absolute atomic E-state index is 12.5. The van der Waals surface area contributed by atoms with E-state index < -0.39 is 0 Å². The molecule has 4 rings (SSSR count). The van der Waals surface area contributed by atoms with Crippen LogP contribution in [0.3, 0.4) is 0 Å².